The Morgan fingerprint density at radius 1 is 1.11 bits per heavy atom. The molecular formula is C14H10BrFN2. The molecule has 0 amide bonds. The summed E-state index contributed by atoms with van der Waals surface area (Å²) in [6.45, 7) is 0. The zero-order chi connectivity index (χ0) is 12.5. The Hall–Kier alpha value is -1.68. The maximum absolute atomic E-state index is 13.6. The largest absolute Gasteiger partial charge is 0.294 e. The Balaban J connectivity index is 2.01. The second-order valence-electron chi connectivity index (χ2n) is 4.08. The first-order valence-electron chi connectivity index (χ1n) is 5.60. The van der Waals surface area contributed by atoms with Gasteiger partial charge < -0.3 is 0 Å². The van der Waals surface area contributed by atoms with Crippen LogP contribution < -0.4 is 0 Å². The fourth-order valence-corrected chi connectivity index (χ4v) is 2.39. The van der Waals surface area contributed by atoms with E-state index in [2.05, 4.69) is 20.9 Å². The predicted molar refractivity (Wildman–Crippen MR) is 72.1 cm³/mol. The van der Waals surface area contributed by atoms with E-state index in [1.54, 1.807) is 12.1 Å². The third-order valence-electron chi connectivity index (χ3n) is 2.82. The number of hydrogen-bond acceptors (Lipinski definition) is 1. The van der Waals surface area contributed by atoms with Crippen LogP contribution in [0.2, 0.25) is 0 Å². The summed E-state index contributed by atoms with van der Waals surface area (Å²) >= 11 is 3.46. The normalized spacial score (nSPS) is 11.0. The van der Waals surface area contributed by atoms with Gasteiger partial charge in [0, 0.05) is 12.6 Å². The van der Waals surface area contributed by atoms with Crippen LogP contribution in [-0.2, 0) is 6.42 Å². The number of benzene rings is 1. The molecule has 0 saturated heterocycles. The highest BCUT2D eigenvalue weighted by atomic mass is 79.9. The lowest BCUT2D eigenvalue weighted by Crippen LogP contribution is -1.91. The van der Waals surface area contributed by atoms with Crippen molar-refractivity contribution in [3.8, 4) is 0 Å². The van der Waals surface area contributed by atoms with Crippen LogP contribution in [-0.4, -0.2) is 9.38 Å². The van der Waals surface area contributed by atoms with Crippen molar-refractivity contribution in [3.63, 3.8) is 0 Å². The highest BCUT2D eigenvalue weighted by Gasteiger charge is 2.07. The van der Waals surface area contributed by atoms with Gasteiger partial charge in [0.1, 0.15) is 11.5 Å². The second-order valence-corrected chi connectivity index (χ2v) is 4.89. The quantitative estimate of drug-likeness (QED) is 0.658. The fraction of sp³-hybridized carbons (Fsp3) is 0.0714. The number of rotatable bonds is 2. The number of aromatic nitrogens is 2. The van der Waals surface area contributed by atoms with Crippen LogP contribution in [0.5, 0.6) is 0 Å². The first-order chi connectivity index (χ1) is 8.74. The summed E-state index contributed by atoms with van der Waals surface area (Å²) in [5.74, 6) is -0.186. The summed E-state index contributed by atoms with van der Waals surface area (Å²) in [5, 5.41) is 0. The van der Waals surface area contributed by atoms with E-state index in [1.807, 2.05) is 34.9 Å². The molecule has 4 heteroatoms. The number of nitrogens with zero attached hydrogens (tertiary/aromatic N) is 2. The van der Waals surface area contributed by atoms with E-state index in [0.29, 0.717) is 12.0 Å². The number of fused-ring (bicyclic) bond motifs is 1. The summed E-state index contributed by atoms with van der Waals surface area (Å²) in [4.78, 5) is 4.48. The van der Waals surface area contributed by atoms with Gasteiger partial charge in [0.05, 0.1) is 10.3 Å². The van der Waals surface area contributed by atoms with Gasteiger partial charge in [-0.2, -0.15) is 0 Å². The average molecular weight is 305 g/mol. The molecule has 0 aliphatic rings. The molecule has 0 radical (unpaired) electrons. The maximum Gasteiger partial charge on any atom is 0.137 e. The van der Waals surface area contributed by atoms with Crippen molar-refractivity contribution in [2.75, 3.05) is 0 Å². The molecule has 0 N–H and O–H groups in total. The monoisotopic (exact) mass is 304 g/mol. The zero-order valence-electron chi connectivity index (χ0n) is 9.48. The Morgan fingerprint density at radius 3 is 2.72 bits per heavy atom. The molecule has 0 fully saturated rings. The number of imidazole rings is 1. The molecule has 2 heterocycles. The molecule has 0 spiro atoms. The first-order valence-corrected chi connectivity index (χ1v) is 6.39. The van der Waals surface area contributed by atoms with Gasteiger partial charge in [0.2, 0.25) is 0 Å². The van der Waals surface area contributed by atoms with E-state index in [0.717, 1.165) is 15.9 Å². The Bertz CT molecular complexity index is 706. The lowest BCUT2D eigenvalue weighted by molar-refractivity contribution is 0.613. The Morgan fingerprint density at radius 2 is 1.94 bits per heavy atom. The topological polar surface area (TPSA) is 17.3 Å². The van der Waals surface area contributed by atoms with E-state index in [-0.39, 0.29) is 5.82 Å². The van der Waals surface area contributed by atoms with Gasteiger partial charge in [-0.3, -0.25) is 4.40 Å². The van der Waals surface area contributed by atoms with Crippen LogP contribution in [0.1, 0.15) is 11.3 Å². The minimum absolute atomic E-state index is 0.186. The van der Waals surface area contributed by atoms with Crippen LogP contribution in [0.15, 0.2) is 53.3 Å². The SMILES string of the molecule is Fc1ccccc1Cc1cn2c(Br)cccc2n1. The van der Waals surface area contributed by atoms with Crippen LogP contribution >= 0.6 is 15.9 Å². The van der Waals surface area contributed by atoms with E-state index in [4.69, 9.17) is 0 Å². The lowest BCUT2D eigenvalue weighted by atomic mass is 10.1. The molecule has 90 valence electrons. The average Bonchev–Trinajstić information content (AvgIpc) is 2.76. The third-order valence-corrected chi connectivity index (χ3v) is 3.47. The second kappa shape index (κ2) is 4.53. The van der Waals surface area contributed by atoms with Gasteiger partial charge in [-0.05, 0) is 39.7 Å². The number of hydrogen-bond donors (Lipinski definition) is 0. The molecule has 2 aromatic heterocycles. The summed E-state index contributed by atoms with van der Waals surface area (Å²) in [6, 6.07) is 12.6. The van der Waals surface area contributed by atoms with Crippen molar-refractivity contribution in [3.05, 3.63) is 70.3 Å². The van der Waals surface area contributed by atoms with E-state index in [9.17, 15) is 4.39 Å². The van der Waals surface area contributed by atoms with E-state index < -0.39 is 0 Å². The smallest absolute Gasteiger partial charge is 0.137 e. The van der Waals surface area contributed by atoms with Gasteiger partial charge >= 0.3 is 0 Å². The fourth-order valence-electron chi connectivity index (χ4n) is 1.95. The summed E-state index contributed by atoms with van der Waals surface area (Å²) in [6.07, 6.45) is 2.42. The van der Waals surface area contributed by atoms with Gasteiger partial charge in [0.15, 0.2) is 0 Å². The van der Waals surface area contributed by atoms with Gasteiger partial charge in [-0.1, -0.05) is 24.3 Å². The maximum atomic E-state index is 13.6. The number of pyridine rings is 1. The highest BCUT2D eigenvalue weighted by Crippen LogP contribution is 2.17. The van der Waals surface area contributed by atoms with Gasteiger partial charge in [-0.25, -0.2) is 9.37 Å². The van der Waals surface area contributed by atoms with Crippen LogP contribution in [0.3, 0.4) is 0 Å². The molecule has 0 saturated carbocycles. The molecule has 0 aliphatic heterocycles. The molecular weight excluding hydrogens is 295 g/mol. The van der Waals surface area contributed by atoms with Gasteiger partial charge in [0.25, 0.3) is 0 Å². The molecule has 3 aromatic rings. The minimum atomic E-state index is -0.186. The van der Waals surface area contributed by atoms with Crippen molar-refractivity contribution in [2.45, 2.75) is 6.42 Å². The number of halogens is 2. The van der Waals surface area contributed by atoms with Crippen molar-refractivity contribution in [2.24, 2.45) is 0 Å². The lowest BCUT2D eigenvalue weighted by Gasteiger charge is -1.99. The van der Waals surface area contributed by atoms with Crippen LogP contribution in [0.4, 0.5) is 4.39 Å². The van der Waals surface area contributed by atoms with E-state index in [1.165, 1.54) is 6.07 Å². The van der Waals surface area contributed by atoms with E-state index >= 15 is 0 Å². The van der Waals surface area contributed by atoms with Gasteiger partial charge in [-0.15, -0.1) is 0 Å². The van der Waals surface area contributed by atoms with Crippen LogP contribution in [0.25, 0.3) is 5.65 Å². The standard InChI is InChI=1S/C14H10BrFN2/c15-13-6-3-7-14-17-11(9-18(13)14)8-10-4-1-2-5-12(10)16/h1-7,9H,8H2. The Labute approximate surface area is 112 Å². The van der Waals surface area contributed by atoms with Crippen molar-refractivity contribution in [1.29, 1.82) is 0 Å². The van der Waals surface area contributed by atoms with Crippen molar-refractivity contribution in [1.82, 2.24) is 9.38 Å². The Kier molecular flexibility index (Phi) is 2.88. The molecule has 2 nitrogen and oxygen atoms in total. The molecule has 0 atom stereocenters. The molecule has 0 aliphatic carbocycles. The van der Waals surface area contributed by atoms with Crippen molar-refractivity contribution < 1.29 is 4.39 Å². The molecule has 1 aromatic carbocycles. The minimum Gasteiger partial charge on any atom is -0.294 e. The highest BCUT2D eigenvalue weighted by molar-refractivity contribution is 9.10. The summed E-state index contributed by atoms with van der Waals surface area (Å²) in [5.41, 5.74) is 2.37. The summed E-state index contributed by atoms with van der Waals surface area (Å²) < 4.78 is 16.4. The van der Waals surface area contributed by atoms with Crippen LogP contribution in [0, 0.1) is 5.82 Å². The van der Waals surface area contributed by atoms with Crippen molar-refractivity contribution >= 4 is 21.6 Å². The molecule has 0 bridgehead atoms. The first kappa shape index (κ1) is 11.4. The third kappa shape index (κ3) is 2.04. The molecule has 3 rings (SSSR count). The zero-order valence-corrected chi connectivity index (χ0v) is 11.1. The molecule has 0 unspecified atom stereocenters. The summed E-state index contributed by atoms with van der Waals surface area (Å²) in [7, 11) is 0. The predicted octanol–water partition coefficient (Wildman–Crippen LogP) is 3.83. The molecule has 18 heavy (non-hydrogen) atoms.